The monoisotopic (exact) mass is 502 g/mol. The standard InChI is InChI=1S/C18H16Cl2N4O3S3/c19-14-7-6-12(10-15(14)20)11-28-9-8-21-30(26,27)18-24-23-17(29-18)22-16(25)13-4-2-1-3-5-13/h1-7,10,21H,8-9,11H2,(H,22,23,25). The van der Waals surface area contributed by atoms with Gasteiger partial charge in [-0.25, -0.2) is 13.1 Å². The smallest absolute Gasteiger partial charge is 0.269 e. The second kappa shape index (κ2) is 10.6. The molecule has 0 aliphatic heterocycles. The van der Waals surface area contributed by atoms with E-state index in [1.54, 1.807) is 54.2 Å². The maximum absolute atomic E-state index is 12.4. The molecular weight excluding hydrogens is 487 g/mol. The van der Waals surface area contributed by atoms with E-state index >= 15 is 0 Å². The minimum Gasteiger partial charge on any atom is -0.296 e. The molecule has 2 aromatic carbocycles. The second-order valence-electron chi connectivity index (χ2n) is 5.89. The summed E-state index contributed by atoms with van der Waals surface area (Å²) in [7, 11) is -3.81. The van der Waals surface area contributed by atoms with Gasteiger partial charge in [0.05, 0.1) is 10.0 Å². The number of hydrogen-bond acceptors (Lipinski definition) is 7. The fourth-order valence-corrected chi connectivity index (χ4v) is 5.48. The Bertz CT molecular complexity index is 1120. The molecule has 30 heavy (non-hydrogen) atoms. The highest BCUT2D eigenvalue weighted by molar-refractivity contribution is 7.98. The average molecular weight is 503 g/mol. The van der Waals surface area contributed by atoms with Gasteiger partial charge in [0.25, 0.3) is 15.9 Å². The molecule has 0 bridgehead atoms. The van der Waals surface area contributed by atoms with Gasteiger partial charge in [-0.05, 0) is 29.8 Å². The molecule has 0 saturated heterocycles. The van der Waals surface area contributed by atoms with Crippen LogP contribution in [0.15, 0.2) is 52.9 Å². The van der Waals surface area contributed by atoms with Gasteiger partial charge < -0.3 is 0 Å². The van der Waals surface area contributed by atoms with E-state index in [0.29, 0.717) is 27.1 Å². The molecule has 12 heteroatoms. The van der Waals surface area contributed by atoms with E-state index in [9.17, 15) is 13.2 Å². The number of anilines is 1. The maximum Gasteiger partial charge on any atom is 0.269 e. The lowest BCUT2D eigenvalue weighted by Gasteiger charge is -2.05. The zero-order chi connectivity index (χ0) is 21.6. The van der Waals surface area contributed by atoms with Crippen LogP contribution in [0.5, 0.6) is 0 Å². The van der Waals surface area contributed by atoms with E-state index < -0.39 is 10.0 Å². The SMILES string of the molecule is O=C(Nc1nnc(S(=O)(=O)NCCSCc2ccc(Cl)c(Cl)c2)s1)c1ccccc1. The van der Waals surface area contributed by atoms with Gasteiger partial charge in [0.1, 0.15) is 0 Å². The summed E-state index contributed by atoms with van der Waals surface area (Å²) < 4.78 is 27.0. The van der Waals surface area contributed by atoms with Gasteiger partial charge in [-0.15, -0.1) is 10.2 Å². The maximum atomic E-state index is 12.4. The first-order valence-electron chi connectivity index (χ1n) is 8.56. The summed E-state index contributed by atoms with van der Waals surface area (Å²) in [6.07, 6.45) is 0. The molecule has 0 unspecified atom stereocenters. The second-order valence-corrected chi connectivity index (χ2v) is 10.7. The van der Waals surface area contributed by atoms with Crippen LogP contribution in [0.3, 0.4) is 0 Å². The number of aromatic nitrogens is 2. The minimum atomic E-state index is -3.81. The highest BCUT2D eigenvalue weighted by atomic mass is 35.5. The lowest BCUT2D eigenvalue weighted by molar-refractivity contribution is 0.102. The Kier molecular flexibility index (Phi) is 8.09. The molecule has 0 radical (unpaired) electrons. The average Bonchev–Trinajstić information content (AvgIpc) is 3.20. The predicted molar refractivity (Wildman–Crippen MR) is 122 cm³/mol. The first kappa shape index (κ1) is 23.0. The Balaban J connectivity index is 1.47. The Morgan fingerprint density at radius 3 is 2.57 bits per heavy atom. The molecule has 0 fully saturated rings. The third-order valence-corrected chi connectivity index (χ3v) is 8.12. The molecule has 0 saturated carbocycles. The molecule has 3 rings (SSSR count). The predicted octanol–water partition coefficient (Wildman–Crippen LogP) is 4.31. The number of rotatable bonds is 9. The zero-order valence-electron chi connectivity index (χ0n) is 15.3. The molecule has 1 amide bonds. The highest BCUT2D eigenvalue weighted by Crippen LogP contribution is 2.25. The first-order chi connectivity index (χ1) is 14.3. The molecule has 158 valence electrons. The highest BCUT2D eigenvalue weighted by Gasteiger charge is 2.20. The molecule has 3 aromatic rings. The van der Waals surface area contributed by atoms with Gasteiger partial charge >= 0.3 is 0 Å². The van der Waals surface area contributed by atoms with Gasteiger partial charge in [0.15, 0.2) is 0 Å². The van der Waals surface area contributed by atoms with Crippen molar-refractivity contribution in [2.24, 2.45) is 0 Å². The van der Waals surface area contributed by atoms with Crippen LogP contribution in [0.1, 0.15) is 15.9 Å². The molecule has 0 atom stereocenters. The number of sulfonamides is 1. The largest absolute Gasteiger partial charge is 0.296 e. The fourth-order valence-electron chi connectivity index (χ4n) is 2.26. The zero-order valence-corrected chi connectivity index (χ0v) is 19.3. The van der Waals surface area contributed by atoms with Crippen LogP contribution >= 0.6 is 46.3 Å². The number of thioether (sulfide) groups is 1. The number of hydrogen-bond donors (Lipinski definition) is 2. The van der Waals surface area contributed by atoms with E-state index in [4.69, 9.17) is 23.2 Å². The summed E-state index contributed by atoms with van der Waals surface area (Å²) in [6, 6.07) is 13.9. The topological polar surface area (TPSA) is 101 Å². The van der Waals surface area contributed by atoms with Crippen molar-refractivity contribution in [1.29, 1.82) is 0 Å². The Morgan fingerprint density at radius 2 is 1.83 bits per heavy atom. The Morgan fingerprint density at radius 1 is 1.07 bits per heavy atom. The van der Waals surface area contributed by atoms with Crippen LogP contribution in [-0.4, -0.2) is 36.8 Å². The van der Waals surface area contributed by atoms with E-state index in [1.165, 1.54) is 0 Å². The Hall–Kier alpha value is -1.69. The first-order valence-corrected chi connectivity index (χ1v) is 12.8. The third-order valence-electron chi connectivity index (χ3n) is 3.68. The van der Waals surface area contributed by atoms with E-state index in [2.05, 4.69) is 20.2 Å². The summed E-state index contributed by atoms with van der Waals surface area (Å²) in [5.41, 5.74) is 1.44. The number of amides is 1. The molecule has 0 aliphatic rings. The lowest BCUT2D eigenvalue weighted by atomic mass is 10.2. The molecule has 7 nitrogen and oxygen atoms in total. The molecule has 1 aromatic heterocycles. The van der Waals surface area contributed by atoms with Crippen molar-refractivity contribution in [3.05, 3.63) is 69.7 Å². The number of halogens is 2. The summed E-state index contributed by atoms with van der Waals surface area (Å²) in [6.45, 7) is 0.222. The number of carbonyl (C=O) groups excluding carboxylic acids is 1. The van der Waals surface area contributed by atoms with E-state index in [0.717, 1.165) is 16.9 Å². The molecule has 1 heterocycles. The lowest BCUT2D eigenvalue weighted by Crippen LogP contribution is -2.26. The van der Waals surface area contributed by atoms with E-state index in [1.807, 2.05) is 6.07 Å². The molecule has 0 aliphatic carbocycles. The van der Waals surface area contributed by atoms with E-state index in [-0.39, 0.29) is 21.9 Å². The normalized spacial score (nSPS) is 11.4. The van der Waals surface area contributed by atoms with Crippen LogP contribution in [0.25, 0.3) is 0 Å². The third kappa shape index (κ3) is 6.40. The van der Waals surface area contributed by atoms with Gasteiger partial charge in [-0.1, -0.05) is 58.8 Å². The van der Waals surface area contributed by atoms with Crippen LogP contribution in [0, 0.1) is 0 Å². The van der Waals surface area contributed by atoms with Crippen molar-refractivity contribution in [2.75, 3.05) is 17.6 Å². The summed E-state index contributed by atoms with van der Waals surface area (Å²) in [5, 5.41) is 11.0. The number of benzene rings is 2. The van der Waals surface area contributed by atoms with Gasteiger partial charge in [-0.2, -0.15) is 11.8 Å². The minimum absolute atomic E-state index is 0.109. The summed E-state index contributed by atoms with van der Waals surface area (Å²) in [4.78, 5) is 12.1. The fraction of sp³-hybridized carbons (Fsp3) is 0.167. The van der Waals surface area contributed by atoms with Crippen molar-refractivity contribution < 1.29 is 13.2 Å². The van der Waals surface area contributed by atoms with Crippen molar-refractivity contribution in [3.63, 3.8) is 0 Å². The van der Waals surface area contributed by atoms with Gasteiger partial charge in [0.2, 0.25) is 9.47 Å². The number of nitrogens with one attached hydrogen (secondary N) is 2. The van der Waals surface area contributed by atoms with Crippen LogP contribution in [0.4, 0.5) is 5.13 Å². The number of carbonyl (C=O) groups is 1. The van der Waals surface area contributed by atoms with Crippen molar-refractivity contribution >= 4 is 67.4 Å². The molecule has 0 spiro atoms. The van der Waals surface area contributed by atoms with Crippen LogP contribution in [-0.2, 0) is 15.8 Å². The summed E-state index contributed by atoms with van der Waals surface area (Å²) >= 11 is 14.2. The van der Waals surface area contributed by atoms with Gasteiger partial charge in [-0.3, -0.25) is 10.1 Å². The molecule has 2 N–H and O–H groups in total. The van der Waals surface area contributed by atoms with Crippen LogP contribution < -0.4 is 10.0 Å². The Labute approximate surface area is 192 Å². The molecular formula is C18H16Cl2N4O3S3. The number of nitrogens with zero attached hydrogens (tertiary/aromatic N) is 2. The van der Waals surface area contributed by atoms with Crippen molar-refractivity contribution in [2.45, 2.75) is 10.1 Å². The quantitative estimate of drug-likeness (QED) is 0.334. The summed E-state index contributed by atoms with van der Waals surface area (Å²) in [5.74, 6) is 0.838. The van der Waals surface area contributed by atoms with Crippen molar-refractivity contribution in [1.82, 2.24) is 14.9 Å². The van der Waals surface area contributed by atoms with Crippen molar-refractivity contribution in [3.8, 4) is 0 Å². The van der Waals surface area contributed by atoms with Gasteiger partial charge in [0, 0.05) is 23.6 Å². The van der Waals surface area contributed by atoms with Crippen LogP contribution in [0.2, 0.25) is 10.0 Å².